The molecule has 2 N–H and O–H groups in total. The summed E-state index contributed by atoms with van der Waals surface area (Å²) in [5, 5.41) is 5.59. The normalized spacial score (nSPS) is 9.90. The fourth-order valence-electron chi connectivity index (χ4n) is 1.57. The van der Waals surface area contributed by atoms with Crippen molar-refractivity contribution in [3.05, 3.63) is 42.4 Å². The number of nitrogens with one attached hydrogen (secondary N) is 2. The number of ether oxygens (including phenoxy) is 1. The zero-order valence-corrected chi connectivity index (χ0v) is 11.4. The predicted molar refractivity (Wildman–Crippen MR) is 77.1 cm³/mol. The van der Waals surface area contributed by atoms with Crippen molar-refractivity contribution in [2.45, 2.75) is 6.92 Å². The highest BCUT2D eigenvalue weighted by atomic mass is 16.5. The predicted octanol–water partition coefficient (Wildman–Crippen LogP) is 2.17. The number of hydrogen-bond donors (Lipinski definition) is 2. The van der Waals surface area contributed by atoms with Gasteiger partial charge in [-0.05, 0) is 31.2 Å². The summed E-state index contributed by atoms with van der Waals surface area (Å²) in [4.78, 5) is 20.0. The van der Waals surface area contributed by atoms with Crippen LogP contribution in [0.25, 0.3) is 0 Å². The largest absolute Gasteiger partial charge is 0.494 e. The molecule has 0 unspecified atom stereocenters. The van der Waals surface area contributed by atoms with Crippen LogP contribution in [0.3, 0.4) is 0 Å². The van der Waals surface area contributed by atoms with E-state index in [1.165, 1.54) is 12.4 Å². The number of rotatable bonds is 5. The first-order valence-electron chi connectivity index (χ1n) is 6.27. The van der Waals surface area contributed by atoms with E-state index in [1.54, 1.807) is 31.3 Å². The molecule has 2 aromatic rings. The maximum atomic E-state index is 12.0. The number of carbonyl (C=O) groups excluding carboxylic acids is 1. The summed E-state index contributed by atoms with van der Waals surface area (Å²) in [7, 11) is 1.74. The molecule has 20 heavy (non-hydrogen) atoms. The first kappa shape index (κ1) is 13.8. The molecule has 0 saturated heterocycles. The molecule has 0 aliphatic carbocycles. The number of aromatic nitrogens is 2. The summed E-state index contributed by atoms with van der Waals surface area (Å²) in [6.07, 6.45) is 2.93. The Bertz CT molecular complexity index is 567. The smallest absolute Gasteiger partial charge is 0.275 e. The first-order valence-corrected chi connectivity index (χ1v) is 6.27. The van der Waals surface area contributed by atoms with Crippen LogP contribution in [0.4, 0.5) is 11.5 Å². The van der Waals surface area contributed by atoms with Crippen molar-refractivity contribution in [2.75, 3.05) is 24.3 Å². The van der Waals surface area contributed by atoms with E-state index in [1.807, 2.05) is 6.92 Å². The van der Waals surface area contributed by atoms with Crippen LogP contribution in [0, 0.1) is 0 Å². The van der Waals surface area contributed by atoms with Gasteiger partial charge < -0.3 is 15.4 Å². The summed E-state index contributed by atoms with van der Waals surface area (Å²) in [5.74, 6) is 1.08. The Hall–Kier alpha value is -2.63. The minimum absolute atomic E-state index is 0.262. The topological polar surface area (TPSA) is 76.1 Å². The molecule has 104 valence electrons. The average Bonchev–Trinajstić information content (AvgIpc) is 2.49. The van der Waals surface area contributed by atoms with E-state index < -0.39 is 0 Å². The lowest BCUT2D eigenvalue weighted by Gasteiger charge is -2.07. The lowest BCUT2D eigenvalue weighted by atomic mass is 10.3. The molecule has 0 saturated carbocycles. The summed E-state index contributed by atoms with van der Waals surface area (Å²) in [5.41, 5.74) is 0.941. The van der Waals surface area contributed by atoms with Gasteiger partial charge in [-0.25, -0.2) is 9.97 Å². The third-order valence-electron chi connectivity index (χ3n) is 2.56. The number of nitrogens with zero attached hydrogens (tertiary/aromatic N) is 2. The van der Waals surface area contributed by atoms with Gasteiger partial charge >= 0.3 is 0 Å². The fourth-order valence-corrected chi connectivity index (χ4v) is 1.57. The van der Waals surface area contributed by atoms with E-state index in [9.17, 15) is 4.79 Å². The second kappa shape index (κ2) is 6.51. The number of anilines is 2. The van der Waals surface area contributed by atoms with Gasteiger partial charge in [0, 0.05) is 12.7 Å². The summed E-state index contributed by atoms with van der Waals surface area (Å²) in [6, 6.07) is 7.15. The van der Waals surface area contributed by atoms with Crippen LogP contribution in [0.1, 0.15) is 17.4 Å². The highest BCUT2D eigenvalue weighted by Crippen LogP contribution is 2.16. The van der Waals surface area contributed by atoms with Crippen LogP contribution in [0.2, 0.25) is 0 Å². The number of hydrogen-bond acceptors (Lipinski definition) is 5. The lowest BCUT2D eigenvalue weighted by Crippen LogP contribution is -2.14. The van der Waals surface area contributed by atoms with Gasteiger partial charge in [-0.1, -0.05) is 0 Å². The molecular weight excluding hydrogens is 256 g/mol. The lowest BCUT2D eigenvalue weighted by molar-refractivity contribution is 0.102. The number of carbonyl (C=O) groups is 1. The Morgan fingerprint density at radius 3 is 2.50 bits per heavy atom. The molecule has 0 aliphatic heterocycles. The van der Waals surface area contributed by atoms with Crippen LogP contribution in [0.5, 0.6) is 5.75 Å². The molecule has 0 atom stereocenters. The molecule has 0 fully saturated rings. The second-order valence-corrected chi connectivity index (χ2v) is 3.95. The van der Waals surface area contributed by atoms with Crippen LogP contribution in [-0.4, -0.2) is 29.5 Å². The van der Waals surface area contributed by atoms with Crippen molar-refractivity contribution in [3.8, 4) is 5.75 Å². The highest BCUT2D eigenvalue weighted by Gasteiger charge is 2.08. The Labute approximate surface area is 117 Å². The molecule has 0 spiro atoms. The van der Waals surface area contributed by atoms with Gasteiger partial charge in [0.15, 0.2) is 0 Å². The highest BCUT2D eigenvalue weighted by molar-refractivity contribution is 6.02. The molecule has 1 amide bonds. The summed E-state index contributed by atoms with van der Waals surface area (Å²) < 4.78 is 5.33. The van der Waals surface area contributed by atoms with Crippen LogP contribution in [0.15, 0.2) is 36.7 Å². The van der Waals surface area contributed by atoms with E-state index in [0.717, 1.165) is 5.75 Å². The third kappa shape index (κ3) is 3.44. The van der Waals surface area contributed by atoms with E-state index in [-0.39, 0.29) is 11.6 Å². The standard InChI is InChI=1S/C14H16N4O2/c1-3-20-11-6-4-10(5-7-11)18-14(19)12-8-17-13(15-2)9-16-12/h4-9H,3H2,1-2H3,(H,15,17)(H,18,19). The van der Waals surface area contributed by atoms with Crippen molar-refractivity contribution in [1.82, 2.24) is 9.97 Å². The van der Waals surface area contributed by atoms with Gasteiger partial charge in [0.05, 0.1) is 19.0 Å². The molecule has 0 aliphatic rings. The zero-order chi connectivity index (χ0) is 14.4. The van der Waals surface area contributed by atoms with Crippen molar-refractivity contribution in [2.24, 2.45) is 0 Å². The van der Waals surface area contributed by atoms with Gasteiger partial charge in [-0.3, -0.25) is 4.79 Å². The SMILES string of the molecule is CCOc1ccc(NC(=O)c2cnc(NC)cn2)cc1. The molecule has 1 heterocycles. The van der Waals surface area contributed by atoms with E-state index in [0.29, 0.717) is 18.1 Å². The molecule has 0 bridgehead atoms. The minimum Gasteiger partial charge on any atom is -0.494 e. The minimum atomic E-state index is -0.302. The molecule has 1 aromatic heterocycles. The average molecular weight is 272 g/mol. The number of amides is 1. The second-order valence-electron chi connectivity index (χ2n) is 3.95. The van der Waals surface area contributed by atoms with Crippen LogP contribution in [-0.2, 0) is 0 Å². The van der Waals surface area contributed by atoms with Crippen molar-refractivity contribution in [3.63, 3.8) is 0 Å². The zero-order valence-electron chi connectivity index (χ0n) is 11.4. The molecule has 2 rings (SSSR count). The van der Waals surface area contributed by atoms with Gasteiger partial charge in [-0.15, -0.1) is 0 Å². The van der Waals surface area contributed by atoms with E-state index >= 15 is 0 Å². The Morgan fingerprint density at radius 2 is 1.95 bits per heavy atom. The maximum absolute atomic E-state index is 12.0. The van der Waals surface area contributed by atoms with Crippen LogP contribution < -0.4 is 15.4 Å². The van der Waals surface area contributed by atoms with Gasteiger partial charge in [0.2, 0.25) is 0 Å². The molecule has 1 aromatic carbocycles. The van der Waals surface area contributed by atoms with Crippen molar-refractivity contribution in [1.29, 1.82) is 0 Å². The monoisotopic (exact) mass is 272 g/mol. The Morgan fingerprint density at radius 1 is 1.20 bits per heavy atom. The van der Waals surface area contributed by atoms with E-state index in [4.69, 9.17) is 4.74 Å². The molecule has 6 heteroatoms. The maximum Gasteiger partial charge on any atom is 0.275 e. The molecular formula is C14H16N4O2. The first-order chi connectivity index (χ1) is 9.72. The van der Waals surface area contributed by atoms with Crippen LogP contribution >= 0.6 is 0 Å². The van der Waals surface area contributed by atoms with Gasteiger partial charge in [-0.2, -0.15) is 0 Å². The van der Waals surface area contributed by atoms with Gasteiger partial charge in [0.25, 0.3) is 5.91 Å². The van der Waals surface area contributed by atoms with E-state index in [2.05, 4.69) is 20.6 Å². The Kier molecular flexibility index (Phi) is 4.49. The Balaban J connectivity index is 2.02. The van der Waals surface area contributed by atoms with Crippen molar-refractivity contribution < 1.29 is 9.53 Å². The molecule has 0 radical (unpaired) electrons. The third-order valence-corrected chi connectivity index (χ3v) is 2.56. The van der Waals surface area contributed by atoms with Gasteiger partial charge in [0.1, 0.15) is 17.3 Å². The van der Waals surface area contributed by atoms with Crippen molar-refractivity contribution >= 4 is 17.4 Å². The number of benzene rings is 1. The molecule has 6 nitrogen and oxygen atoms in total. The fraction of sp³-hybridized carbons (Fsp3) is 0.214. The summed E-state index contributed by atoms with van der Waals surface area (Å²) in [6.45, 7) is 2.53. The quantitative estimate of drug-likeness (QED) is 0.872. The summed E-state index contributed by atoms with van der Waals surface area (Å²) >= 11 is 0.